The average Bonchev–Trinajstić information content (AvgIpc) is 2.64. The van der Waals surface area contributed by atoms with Crippen LogP contribution in [0.4, 0.5) is 4.79 Å². The van der Waals surface area contributed by atoms with E-state index < -0.39 is 0 Å². The van der Waals surface area contributed by atoms with Gasteiger partial charge in [0, 0.05) is 18.8 Å². The van der Waals surface area contributed by atoms with E-state index in [0.717, 1.165) is 31.7 Å². The Kier molecular flexibility index (Phi) is 21.0. The average molecular weight is 397 g/mol. The largest absolute Gasteiger partial charge is 0.347 e. The first-order valence-corrected chi connectivity index (χ1v) is 12.0. The van der Waals surface area contributed by atoms with E-state index >= 15 is 0 Å². The molecule has 1 amide bonds. The molecule has 0 aliphatic rings. The molecule has 0 saturated heterocycles. The molecule has 0 saturated carbocycles. The Morgan fingerprint density at radius 3 is 2.07 bits per heavy atom. The molecule has 0 aliphatic heterocycles. The molecule has 0 aromatic rings. The standard InChI is InChI=1S/C23H44N2OS/c1-4-5-6-7-8-9-10-11-12-13-14-15-16-17-18-19-20-24-23(26)27-22-21-25(2)3/h9-10,12-13H,4-8,11,14-22H2,1-3H3,(H,24,26)/b10-9-,13-12-. The Morgan fingerprint density at radius 2 is 1.44 bits per heavy atom. The third-order valence-corrected chi connectivity index (χ3v) is 5.21. The zero-order chi connectivity index (χ0) is 20.0. The van der Waals surface area contributed by atoms with Crippen LogP contribution in [0.1, 0.15) is 84.0 Å². The molecule has 0 bridgehead atoms. The molecule has 158 valence electrons. The van der Waals surface area contributed by atoms with Gasteiger partial charge in [-0.05, 0) is 52.6 Å². The van der Waals surface area contributed by atoms with E-state index in [0.29, 0.717) is 0 Å². The van der Waals surface area contributed by atoms with Gasteiger partial charge >= 0.3 is 0 Å². The predicted octanol–water partition coefficient (Wildman–Crippen LogP) is 6.80. The highest BCUT2D eigenvalue weighted by Gasteiger charge is 2.01. The van der Waals surface area contributed by atoms with Gasteiger partial charge in [0.05, 0.1) is 0 Å². The fourth-order valence-corrected chi connectivity index (χ4v) is 3.52. The third kappa shape index (κ3) is 23.2. The van der Waals surface area contributed by atoms with Crippen molar-refractivity contribution in [3.8, 4) is 0 Å². The number of carbonyl (C=O) groups is 1. The molecule has 0 aromatic carbocycles. The van der Waals surface area contributed by atoms with Crippen molar-refractivity contribution in [2.24, 2.45) is 0 Å². The summed E-state index contributed by atoms with van der Waals surface area (Å²) in [5.74, 6) is 0.862. The number of nitrogens with one attached hydrogen (secondary N) is 1. The van der Waals surface area contributed by atoms with Gasteiger partial charge in [-0.25, -0.2) is 0 Å². The van der Waals surface area contributed by atoms with Crippen LogP contribution in [0, 0.1) is 0 Å². The maximum atomic E-state index is 11.6. The molecule has 0 aromatic heterocycles. The van der Waals surface area contributed by atoms with E-state index in [1.807, 2.05) is 14.1 Å². The van der Waals surface area contributed by atoms with Crippen LogP contribution in [-0.4, -0.2) is 43.1 Å². The number of thioether (sulfide) groups is 1. The van der Waals surface area contributed by atoms with Gasteiger partial charge in [0.1, 0.15) is 0 Å². The van der Waals surface area contributed by atoms with E-state index in [-0.39, 0.29) is 5.24 Å². The summed E-state index contributed by atoms with van der Waals surface area (Å²) < 4.78 is 0. The quantitative estimate of drug-likeness (QED) is 0.204. The smallest absolute Gasteiger partial charge is 0.279 e. The van der Waals surface area contributed by atoms with Crippen molar-refractivity contribution in [1.29, 1.82) is 0 Å². The summed E-state index contributed by atoms with van der Waals surface area (Å²) in [4.78, 5) is 13.7. The van der Waals surface area contributed by atoms with Crippen molar-refractivity contribution in [3.63, 3.8) is 0 Å². The molecule has 0 atom stereocenters. The van der Waals surface area contributed by atoms with Gasteiger partial charge < -0.3 is 10.2 Å². The first-order valence-electron chi connectivity index (χ1n) is 11.0. The minimum Gasteiger partial charge on any atom is -0.347 e. The second-order valence-corrected chi connectivity index (χ2v) is 8.52. The zero-order valence-corrected chi connectivity index (χ0v) is 19.0. The first kappa shape index (κ1) is 26.3. The van der Waals surface area contributed by atoms with E-state index in [1.165, 1.54) is 76.0 Å². The Hall–Kier alpha value is -0.740. The predicted molar refractivity (Wildman–Crippen MR) is 124 cm³/mol. The summed E-state index contributed by atoms with van der Waals surface area (Å²) in [6.07, 6.45) is 24.3. The zero-order valence-electron chi connectivity index (χ0n) is 18.2. The lowest BCUT2D eigenvalue weighted by Crippen LogP contribution is -2.22. The Balaban J connectivity index is 3.26. The molecule has 3 nitrogen and oxygen atoms in total. The molecule has 0 aliphatic carbocycles. The summed E-state index contributed by atoms with van der Waals surface area (Å²) >= 11 is 1.39. The monoisotopic (exact) mass is 396 g/mol. The Bertz CT molecular complexity index is 381. The van der Waals surface area contributed by atoms with Gasteiger partial charge in [-0.1, -0.05) is 81.5 Å². The minimum atomic E-state index is 0.122. The van der Waals surface area contributed by atoms with Gasteiger partial charge in [-0.15, -0.1) is 0 Å². The van der Waals surface area contributed by atoms with Gasteiger partial charge in [-0.3, -0.25) is 4.79 Å². The molecular formula is C23H44N2OS. The number of hydrogen-bond acceptors (Lipinski definition) is 3. The number of rotatable bonds is 18. The topological polar surface area (TPSA) is 32.3 Å². The van der Waals surface area contributed by atoms with E-state index in [1.54, 1.807) is 0 Å². The van der Waals surface area contributed by atoms with Crippen LogP contribution < -0.4 is 5.32 Å². The summed E-state index contributed by atoms with van der Waals surface area (Å²) in [6, 6.07) is 0. The number of nitrogens with zero attached hydrogens (tertiary/aromatic N) is 1. The molecule has 0 fully saturated rings. The summed E-state index contributed by atoms with van der Waals surface area (Å²) in [5, 5.41) is 3.12. The maximum absolute atomic E-state index is 11.6. The molecule has 0 unspecified atom stereocenters. The molecule has 1 N–H and O–H groups in total. The van der Waals surface area contributed by atoms with Gasteiger partial charge in [-0.2, -0.15) is 0 Å². The fourth-order valence-electron chi connectivity index (χ4n) is 2.68. The number of hydrogen-bond donors (Lipinski definition) is 1. The van der Waals surface area contributed by atoms with Crippen molar-refractivity contribution in [1.82, 2.24) is 10.2 Å². The molecule has 4 heteroatoms. The lowest BCUT2D eigenvalue weighted by Gasteiger charge is -2.08. The SMILES string of the molecule is CCCCCC/C=C\C/C=C\CCCCCCCNC(=O)SCCN(C)C. The lowest BCUT2D eigenvalue weighted by molar-refractivity contribution is 0.260. The van der Waals surface area contributed by atoms with Gasteiger partial charge in [0.15, 0.2) is 0 Å². The number of amides is 1. The number of unbranched alkanes of at least 4 members (excludes halogenated alkanes) is 9. The molecule has 0 heterocycles. The van der Waals surface area contributed by atoms with E-state index in [9.17, 15) is 4.79 Å². The highest BCUT2D eigenvalue weighted by Crippen LogP contribution is 2.07. The molecule has 0 spiro atoms. The molecule has 0 rings (SSSR count). The Morgan fingerprint density at radius 1 is 0.852 bits per heavy atom. The van der Waals surface area contributed by atoms with Crippen LogP contribution in [0.15, 0.2) is 24.3 Å². The molecule has 27 heavy (non-hydrogen) atoms. The number of carbonyl (C=O) groups excluding carboxylic acids is 1. The van der Waals surface area contributed by atoms with Crippen molar-refractivity contribution in [2.45, 2.75) is 84.0 Å². The highest BCUT2D eigenvalue weighted by atomic mass is 32.2. The molecular weight excluding hydrogens is 352 g/mol. The summed E-state index contributed by atoms with van der Waals surface area (Å²) in [5.41, 5.74) is 0. The van der Waals surface area contributed by atoms with E-state index in [4.69, 9.17) is 0 Å². The first-order chi connectivity index (χ1) is 13.2. The summed E-state index contributed by atoms with van der Waals surface area (Å²) in [7, 11) is 4.06. The minimum absolute atomic E-state index is 0.122. The number of allylic oxidation sites excluding steroid dienone is 4. The van der Waals surface area contributed by atoms with Crippen molar-refractivity contribution in [2.75, 3.05) is 32.9 Å². The fraction of sp³-hybridized carbons (Fsp3) is 0.783. The second-order valence-electron chi connectivity index (χ2n) is 7.45. The normalized spacial score (nSPS) is 11.9. The third-order valence-electron chi connectivity index (χ3n) is 4.42. The van der Waals surface area contributed by atoms with Crippen LogP contribution in [0.5, 0.6) is 0 Å². The van der Waals surface area contributed by atoms with Crippen LogP contribution in [0.25, 0.3) is 0 Å². The van der Waals surface area contributed by atoms with Crippen LogP contribution in [0.3, 0.4) is 0 Å². The molecule has 0 radical (unpaired) electrons. The highest BCUT2D eigenvalue weighted by molar-refractivity contribution is 8.13. The maximum Gasteiger partial charge on any atom is 0.279 e. The van der Waals surface area contributed by atoms with Gasteiger partial charge in [0.2, 0.25) is 0 Å². The van der Waals surface area contributed by atoms with Crippen LogP contribution in [-0.2, 0) is 0 Å². The van der Waals surface area contributed by atoms with Crippen LogP contribution in [0.2, 0.25) is 0 Å². The summed E-state index contributed by atoms with van der Waals surface area (Å²) in [6.45, 7) is 4.02. The Labute approximate surface area is 173 Å². The van der Waals surface area contributed by atoms with Crippen molar-refractivity contribution < 1.29 is 4.79 Å². The van der Waals surface area contributed by atoms with Gasteiger partial charge in [0.25, 0.3) is 5.24 Å². The second kappa shape index (κ2) is 21.6. The van der Waals surface area contributed by atoms with E-state index in [2.05, 4.69) is 41.4 Å². The van der Waals surface area contributed by atoms with Crippen molar-refractivity contribution >= 4 is 17.0 Å². The van der Waals surface area contributed by atoms with Crippen LogP contribution >= 0.6 is 11.8 Å². The lowest BCUT2D eigenvalue weighted by atomic mass is 10.1. The van der Waals surface area contributed by atoms with Crippen molar-refractivity contribution in [3.05, 3.63) is 24.3 Å².